The number of hydrogen-bond donors (Lipinski definition) is 0. The molecule has 0 saturated carbocycles. The summed E-state index contributed by atoms with van der Waals surface area (Å²) in [7, 11) is 1.14. The first-order valence-electron chi connectivity index (χ1n) is 20.2. The van der Waals surface area contributed by atoms with Crippen molar-refractivity contribution in [1.29, 1.82) is 0 Å². The zero-order chi connectivity index (χ0) is 39.8. The molecule has 304 valence electrons. The number of esters is 1. The van der Waals surface area contributed by atoms with E-state index in [1.807, 2.05) is 106 Å². The second-order valence-corrected chi connectivity index (χ2v) is 17.6. The molecule has 0 aromatic heterocycles. The molecule has 0 N–H and O–H groups in total. The molecule has 55 heavy (non-hydrogen) atoms. The summed E-state index contributed by atoms with van der Waals surface area (Å²) in [6, 6.07) is 27.5. The molecule has 0 aliphatic carbocycles. The van der Waals surface area contributed by atoms with Crippen LogP contribution in [-0.2, 0) is 33.5 Å². The van der Waals surface area contributed by atoms with Gasteiger partial charge in [-0.05, 0) is 60.9 Å². The lowest BCUT2D eigenvalue weighted by molar-refractivity contribution is -0.870. The fraction of sp³-hybridized carbons (Fsp3) is 0.533. The molecule has 0 saturated heterocycles. The van der Waals surface area contributed by atoms with Gasteiger partial charge in [0.15, 0.2) is 0 Å². The molecule has 0 bridgehead atoms. The van der Waals surface area contributed by atoms with Crippen molar-refractivity contribution in [2.45, 2.75) is 109 Å². The number of rotatable bonds is 29. The minimum atomic E-state index is -4.69. The molecule has 3 rings (SSSR count). The molecule has 8 nitrogen and oxygen atoms in total. The first-order valence-corrected chi connectivity index (χ1v) is 22.5. The van der Waals surface area contributed by atoms with E-state index in [0.717, 1.165) is 53.3 Å². The minimum absolute atomic E-state index is 0.0323. The maximum absolute atomic E-state index is 13.2. The van der Waals surface area contributed by atoms with Gasteiger partial charge in [0.25, 0.3) is 7.82 Å². The number of nitrogens with zero attached hydrogens (tertiary/aromatic N) is 1. The summed E-state index contributed by atoms with van der Waals surface area (Å²) >= 11 is 3.55. The highest BCUT2D eigenvalue weighted by Crippen LogP contribution is 2.42. The van der Waals surface area contributed by atoms with Gasteiger partial charge in [0.2, 0.25) is 0 Å². The Bertz CT molecular complexity index is 1510. The van der Waals surface area contributed by atoms with Gasteiger partial charge in [-0.15, -0.1) is 0 Å². The van der Waals surface area contributed by atoms with Gasteiger partial charge in [-0.1, -0.05) is 159 Å². The Balaban J connectivity index is 1.65. The Morgan fingerprint density at radius 1 is 0.727 bits per heavy atom. The van der Waals surface area contributed by atoms with E-state index in [-0.39, 0.29) is 19.6 Å². The Hall–Kier alpha value is -2.62. The van der Waals surface area contributed by atoms with E-state index in [1.165, 1.54) is 44.9 Å². The number of carbonyl (C=O) groups is 1. The van der Waals surface area contributed by atoms with Crippen molar-refractivity contribution in [3.8, 4) is 0 Å². The summed E-state index contributed by atoms with van der Waals surface area (Å²) in [6.45, 7) is 2.10. The highest BCUT2D eigenvalue weighted by molar-refractivity contribution is 9.10. The van der Waals surface area contributed by atoms with Gasteiger partial charge in [0.1, 0.15) is 24.9 Å². The SMILES string of the molecule is CCCCCCCC/C=C\CCCCCCCC(=O)O[C@H](COC(c1ccccc1)(c1ccccc1)c1ccc(Br)cc1)COP(=O)([O-])OCC[N+](C)(C)C. The first kappa shape index (κ1) is 46.8. The summed E-state index contributed by atoms with van der Waals surface area (Å²) in [5, 5.41) is 0. The third-order valence-corrected chi connectivity index (χ3v) is 11.0. The Kier molecular flexibility index (Phi) is 21.8. The molecule has 0 amide bonds. The molecule has 0 radical (unpaired) electrons. The fourth-order valence-electron chi connectivity index (χ4n) is 6.34. The van der Waals surface area contributed by atoms with Crippen molar-refractivity contribution in [3.05, 3.63) is 118 Å². The number of ether oxygens (including phenoxy) is 2. The summed E-state index contributed by atoms with van der Waals surface area (Å²) < 4.78 is 37.6. The topological polar surface area (TPSA) is 94.1 Å². The lowest BCUT2D eigenvalue weighted by atomic mass is 9.80. The second kappa shape index (κ2) is 25.6. The summed E-state index contributed by atoms with van der Waals surface area (Å²) in [5.74, 6) is -0.421. The van der Waals surface area contributed by atoms with Crippen LogP contribution in [-0.4, -0.2) is 64.1 Å². The van der Waals surface area contributed by atoms with E-state index in [2.05, 4.69) is 35.0 Å². The third-order valence-electron chi connectivity index (χ3n) is 9.47. The van der Waals surface area contributed by atoms with Crippen LogP contribution < -0.4 is 4.89 Å². The highest BCUT2D eigenvalue weighted by Gasteiger charge is 2.39. The summed E-state index contributed by atoms with van der Waals surface area (Å²) in [5.41, 5.74) is 1.46. The Morgan fingerprint density at radius 3 is 1.78 bits per heavy atom. The van der Waals surface area contributed by atoms with Crippen LogP contribution in [0.1, 0.15) is 114 Å². The van der Waals surface area contributed by atoms with Crippen LogP contribution in [0.25, 0.3) is 0 Å². The van der Waals surface area contributed by atoms with Gasteiger partial charge in [-0.2, -0.15) is 0 Å². The Morgan fingerprint density at radius 2 is 1.24 bits per heavy atom. The number of phosphoric acid groups is 1. The molecule has 3 aromatic carbocycles. The van der Waals surface area contributed by atoms with Crippen molar-refractivity contribution in [2.75, 3.05) is 47.5 Å². The largest absolute Gasteiger partial charge is 0.756 e. The van der Waals surface area contributed by atoms with Crippen LogP contribution in [0.4, 0.5) is 0 Å². The lowest BCUT2D eigenvalue weighted by Crippen LogP contribution is -2.39. The molecule has 0 fully saturated rings. The summed E-state index contributed by atoms with van der Waals surface area (Å²) in [6.07, 6.45) is 18.9. The van der Waals surface area contributed by atoms with Gasteiger partial charge in [-0.25, -0.2) is 0 Å². The number of quaternary nitrogens is 1. The van der Waals surface area contributed by atoms with Crippen LogP contribution in [0.15, 0.2) is 102 Å². The molecule has 0 aliphatic rings. The monoisotopic (exact) mass is 841 g/mol. The van der Waals surface area contributed by atoms with Gasteiger partial charge >= 0.3 is 5.97 Å². The van der Waals surface area contributed by atoms with Crippen molar-refractivity contribution < 1.29 is 37.3 Å². The number of benzene rings is 3. The molecule has 0 spiro atoms. The quantitative estimate of drug-likeness (QED) is 0.0172. The van der Waals surface area contributed by atoms with Gasteiger partial charge < -0.3 is 27.9 Å². The molecule has 0 heterocycles. The van der Waals surface area contributed by atoms with Crippen molar-refractivity contribution in [1.82, 2.24) is 0 Å². The van der Waals surface area contributed by atoms with E-state index in [4.69, 9.17) is 18.5 Å². The number of carbonyl (C=O) groups excluding carboxylic acids is 1. The molecule has 0 aliphatic heterocycles. The number of unbranched alkanes of at least 4 members (excludes halogenated alkanes) is 11. The molecule has 1 unspecified atom stereocenters. The minimum Gasteiger partial charge on any atom is -0.756 e. The van der Waals surface area contributed by atoms with E-state index in [0.29, 0.717) is 17.4 Å². The van der Waals surface area contributed by atoms with Crippen molar-refractivity contribution >= 4 is 29.7 Å². The number of phosphoric ester groups is 1. The van der Waals surface area contributed by atoms with E-state index < -0.39 is 32.1 Å². The predicted molar refractivity (Wildman–Crippen MR) is 225 cm³/mol. The number of likely N-dealkylation sites (N-methyl/N-ethyl adjacent to an activating group) is 1. The number of halogens is 1. The average Bonchev–Trinajstić information content (AvgIpc) is 3.16. The average molecular weight is 843 g/mol. The van der Waals surface area contributed by atoms with Crippen LogP contribution in [0.5, 0.6) is 0 Å². The molecule has 3 aromatic rings. The molecular weight excluding hydrogens is 777 g/mol. The second-order valence-electron chi connectivity index (χ2n) is 15.3. The molecule has 2 atom stereocenters. The van der Waals surface area contributed by atoms with Gasteiger partial charge in [0, 0.05) is 10.9 Å². The normalized spacial score (nSPS) is 13.9. The van der Waals surface area contributed by atoms with Gasteiger partial charge in [0.05, 0.1) is 34.4 Å². The van der Waals surface area contributed by atoms with E-state index in [1.54, 1.807) is 0 Å². The smallest absolute Gasteiger partial charge is 0.306 e. The van der Waals surface area contributed by atoms with Crippen molar-refractivity contribution in [3.63, 3.8) is 0 Å². The third kappa shape index (κ3) is 18.5. The van der Waals surface area contributed by atoms with Crippen molar-refractivity contribution in [2.24, 2.45) is 0 Å². The number of hydrogen-bond acceptors (Lipinski definition) is 7. The van der Waals surface area contributed by atoms with E-state index in [9.17, 15) is 14.3 Å². The standard InChI is InChI=1S/C45H65BrNO7P/c1-5-6-7-8-9-10-11-12-13-14-15-16-17-18-25-30-44(48)54-43(38-53-55(49,50)52-36-35-47(2,3)4)37-51-45(39-26-21-19-22-27-39,40-28-23-20-24-29-40)41-31-33-42(46)34-32-41/h12-13,19-24,26-29,31-34,43H,5-11,14-18,25,30,35-38H2,1-4H3/b13-12-/t43-/m1/s1. The molecule has 10 heteroatoms. The van der Waals surface area contributed by atoms with Gasteiger partial charge in [-0.3, -0.25) is 9.36 Å². The van der Waals surface area contributed by atoms with Crippen LogP contribution in [0.3, 0.4) is 0 Å². The fourth-order valence-corrected chi connectivity index (χ4v) is 7.33. The summed E-state index contributed by atoms with van der Waals surface area (Å²) in [4.78, 5) is 26.1. The maximum atomic E-state index is 13.2. The van der Waals surface area contributed by atoms with Crippen LogP contribution in [0, 0.1) is 0 Å². The maximum Gasteiger partial charge on any atom is 0.306 e. The Labute approximate surface area is 340 Å². The highest BCUT2D eigenvalue weighted by atomic mass is 79.9. The van der Waals surface area contributed by atoms with E-state index >= 15 is 0 Å². The zero-order valence-electron chi connectivity index (χ0n) is 33.7. The zero-order valence-corrected chi connectivity index (χ0v) is 36.2. The number of allylic oxidation sites excluding steroid dienone is 2. The molecular formula is C45H65BrNO7P. The lowest BCUT2D eigenvalue weighted by Gasteiger charge is -2.37. The first-order chi connectivity index (χ1) is 26.4. The van der Waals surface area contributed by atoms with Crippen LogP contribution >= 0.6 is 23.8 Å². The predicted octanol–water partition coefficient (Wildman–Crippen LogP) is 10.9. The van der Waals surface area contributed by atoms with Crippen LogP contribution in [0.2, 0.25) is 0 Å².